The van der Waals surface area contributed by atoms with Crippen molar-refractivity contribution in [1.82, 2.24) is 4.98 Å². The maximum Gasteiger partial charge on any atom is 0.344 e. The molecule has 128 valence electrons. The van der Waals surface area contributed by atoms with Gasteiger partial charge < -0.3 is 14.8 Å². The van der Waals surface area contributed by atoms with E-state index in [0.717, 1.165) is 11.3 Å². The molecular weight excluding hydrogens is 336 g/mol. The number of carbonyl (C=O) groups excluding carboxylic acids is 1. The second-order valence-corrected chi connectivity index (χ2v) is 6.46. The van der Waals surface area contributed by atoms with Gasteiger partial charge in [-0.2, -0.15) is 0 Å². The fourth-order valence-electron chi connectivity index (χ4n) is 2.30. The van der Waals surface area contributed by atoms with Gasteiger partial charge in [-0.15, -0.1) is 0 Å². The third-order valence-corrected chi connectivity index (χ3v) is 4.56. The molecule has 1 aliphatic rings. The molecule has 6 heteroatoms. The standard InChI is InChI=1S/C19H18N2O3S/c1-3-24-19(23)16-17(22)15(11-14-5-4-10-20-14)25-18(16)21-13-8-6-12(2)7-9-13/h4-11,20,22H,3H2,1-2H3/b15-11-,21-18?. The molecule has 0 radical (unpaired) electrons. The van der Waals surface area contributed by atoms with E-state index >= 15 is 0 Å². The summed E-state index contributed by atoms with van der Waals surface area (Å²) >= 11 is 1.24. The van der Waals surface area contributed by atoms with E-state index in [-0.39, 0.29) is 17.9 Å². The van der Waals surface area contributed by atoms with Crippen molar-refractivity contribution in [2.45, 2.75) is 13.8 Å². The molecule has 0 saturated carbocycles. The number of nitrogens with one attached hydrogen (secondary N) is 1. The van der Waals surface area contributed by atoms with Gasteiger partial charge in [0.05, 0.1) is 17.2 Å². The molecule has 0 amide bonds. The minimum Gasteiger partial charge on any atom is -0.506 e. The fourth-order valence-corrected chi connectivity index (χ4v) is 3.33. The number of benzene rings is 1. The normalized spacial score (nSPS) is 17.5. The Balaban J connectivity index is 2.02. The number of H-pyrrole nitrogens is 1. The molecule has 3 rings (SSSR count). The molecule has 1 aliphatic heterocycles. The number of ether oxygens (including phenoxy) is 1. The zero-order valence-corrected chi connectivity index (χ0v) is 14.8. The number of aryl methyl sites for hydroxylation is 1. The molecule has 2 aromatic rings. The molecule has 0 bridgehead atoms. The van der Waals surface area contributed by atoms with E-state index in [2.05, 4.69) is 9.98 Å². The number of aliphatic imine (C=N–C) groups is 1. The minimum atomic E-state index is -0.576. The molecular formula is C19H18N2O3S. The molecule has 0 unspecified atom stereocenters. The number of esters is 1. The van der Waals surface area contributed by atoms with E-state index in [1.54, 1.807) is 19.2 Å². The van der Waals surface area contributed by atoms with Gasteiger partial charge >= 0.3 is 5.97 Å². The number of thioether (sulfide) groups is 1. The highest BCUT2D eigenvalue weighted by atomic mass is 32.2. The number of hydrogen-bond donors (Lipinski definition) is 2. The summed E-state index contributed by atoms with van der Waals surface area (Å²) in [7, 11) is 0. The van der Waals surface area contributed by atoms with E-state index in [9.17, 15) is 9.90 Å². The van der Waals surface area contributed by atoms with E-state index < -0.39 is 5.97 Å². The first-order chi connectivity index (χ1) is 12.1. The van der Waals surface area contributed by atoms with Gasteiger partial charge in [-0.1, -0.05) is 29.5 Å². The van der Waals surface area contributed by atoms with Gasteiger partial charge in [0, 0.05) is 11.9 Å². The summed E-state index contributed by atoms with van der Waals surface area (Å²) in [6.07, 6.45) is 3.57. The lowest BCUT2D eigenvalue weighted by molar-refractivity contribution is -0.138. The van der Waals surface area contributed by atoms with Gasteiger partial charge in [-0.05, 0) is 44.2 Å². The van der Waals surface area contributed by atoms with Gasteiger partial charge in [0.25, 0.3) is 0 Å². The molecule has 25 heavy (non-hydrogen) atoms. The SMILES string of the molecule is CCOC(=O)C1=C(O)/C(=C/c2ccc[nH]2)SC1=Nc1ccc(C)cc1. The Kier molecular flexibility index (Phi) is 5.09. The van der Waals surface area contributed by atoms with Crippen LogP contribution in [0.5, 0.6) is 0 Å². The van der Waals surface area contributed by atoms with Crippen LogP contribution in [0.15, 0.2) is 63.8 Å². The topological polar surface area (TPSA) is 74.7 Å². The van der Waals surface area contributed by atoms with Crippen LogP contribution in [0.3, 0.4) is 0 Å². The van der Waals surface area contributed by atoms with Crippen molar-refractivity contribution in [2.75, 3.05) is 6.61 Å². The molecule has 0 atom stereocenters. The average molecular weight is 354 g/mol. The number of carbonyl (C=O) groups is 1. The summed E-state index contributed by atoms with van der Waals surface area (Å²) in [6.45, 7) is 3.95. The number of rotatable bonds is 4. The lowest BCUT2D eigenvalue weighted by Gasteiger charge is -2.04. The van der Waals surface area contributed by atoms with Crippen molar-refractivity contribution in [3.05, 3.63) is 70.1 Å². The van der Waals surface area contributed by atoms with Crippen LogP contribution in [0.25, 0.3) is 6.08 Å². The van der Waals surface area contributed by atoms with Crippen molar-refractivity contribution in [2.24, 2.45) is 4.99 Å². The summed E-state index contributed by atoms with van der Waals surface area (Å²) in [5, 5.41) is 11.0. The number of hydrogen-bond acceptors (Lipinski definition) is 5. The van der Waals surface area contributed by atoms with E-state index in [4.69, 9.17) is 4.74 Å². The number of nitrogens with zero attached hydrogens (tertiary/aromatic N) is 1. The third-order valence-electron chi connectivity index (χ3n) is 3.54. The molecule has 0 aliphatic carbocycles. The van der Waals surface area contributed by atoms with Crippen LogP contribution in [0.4, 0.5) is 5.69 Å². The zero-order valence-electron chi connectivity index (χ0n) is 13.9. The first-order valence-corrected chi connectivity index (χ1v) is 8.69. The summed E-state index contributed by atoms with van der Waals surface area (Å²) in [5.74, 6) is -0.683. The molecule has 0 spiro atoms. The Morgan fingerprint density at radius 2 is 2.08 bits per heavy atom. The lowest BCUT2D eigenvalue weighted by Crippen LogP contribution is -2.12. The van der Waals surface area contributed by atoms with Crippen LogP contribution in [0, 0.1) is 6.92 Å². The number of aliphatic hydroxyl groups is 1. The molecule has 5 nitrogen and oxygen atoms in total. The Hall–Kier alpha value is -2.73. The Bertz CT molecular complexity index is 863. The Morgan fingerprint density at radius 3 is 2.72 bits per heavy atom. The molecule has 2 heterocycles. The van der Waals surface area contributed by atoms with Crippen molar-refractivity contribution < 1.29 is 14.6 Å². The summed E-state index contributed by atoms with van der Waals surface area (Å²) in [5.41, 5.74) is 2.77. The second kappa shape index (κ2) is 7.44. The van der Waals surface area contributed by atoms with Gasteiger partial charge in [0.2, 0.25) is 0 Å². The van der Waals surface area contributed by atoms with Crippen LogP contribution in [-0.2, 0) is 9.53 Å². The van der Waals surface area contributed by atoms with Crippen LogP contribution in [0.1, 0.15) is 18.2 Å². The van der Waals surface area contributed by atoms with E-state index in [0.29, 0.717) is 15.6 Å². The van der Waals surface area contributed by atoms with E-state index in [1.165, 1.54) is 11.8 Å². The summed E-state index contributed by atoms with van der Waals surface area (Å²) in [4.78, 5) is 20.4. The highest BCUT2D eigenvalue weighted by Gasteiger charge is 2.33. The highest BCUT2D eigenvalue weighted by Crippen LogP contribution is 2.40. The molecule has 1 aromatic carbocycles. The van der Waals surface area contributed by atoms with E-state index in [1.807, 2.05) is 43.3 Å². The monoisotopic (exact) mass is 354 g/mol. The zero-order chi connectivity index (χ0) is 17.8. The first-order valence-electron chi connectivity index (χ1n) is 7.88. The van der Waals surface area contributed by atoms with Crippen LogP contribution >= 0.6 is 11.8 Å². The number of aromatic amines is 1. The largest absolute Gasteiger partial charge is 0.506 e. The van der Waals surface area contributed by atoms with Crippen molar-refractivity contribution in [3.63, 3.8) is 0 Å². The average Bonchev–Trinajstić information content (AvgIpc) is 3.19. The minimum absolute atomic E-state index is 0.102. The maximum absolute atomic E-state index is 12.3. The quantitative estimate of drug-likeness (QED) is 0.792. The molecule has 1 aromatic heterocycles. The predicted octanol–water partition coefficient (Wildman–Crippen LogP) is 4.52. The third kappa shape index (κ3) is 3.85. The maximum atomic E-state index is 12.3. The number of aliphatic hydroxyl groups excluding tert-OH is 1. The first kappa shape index (κ1) is 17.1. The Morgan fingerprint density at radius 1 is 1.32 bits per heavy atom. The van der Waals surface area contributed by atoms with Gasteiger partial charge in [-0.3, -0.25) is 0 Å². The van der Waals surface area contributed by atoms with Gasteiger partial charge in [0.15, 0.2) is 0 Å². The van der Waals surface area contributed by atoms with Crippen LogP contribution in [-0.4, -0.2) is 27.7 Å². The van der Waals surface area contributed by atoms with Gasteiger partial charge in [0.1, 0.15) is 16.4 Å². The van der Waals surface area contributed by atoms with Crippen molar-refractivity contribution in [1.29, 1.82) is 0 Å². The second-order valence-electron chi connectivity index (χ2n) is 5.43. The highest BCUT2D eigenvalue weighted by molar-refractivity contribution is 8.18. The summed E-state index contributed by atoms with van der Waals surface area (Å²) < 4.78 is 5.08. The summed E-state index contributed by atoms with van der Waals surface area (Å²) in [6, 6.07) is 11.4. The van der Waals surface area contributed by atoms with Crippen LogP contribution < -0.4 is 0 Å². The van der Waals surface area contributed by atoms with Crippen molar-refractivity contribution >= 4 is 34.5 Å². The molecule has 2 N–H and O–H groups in total. The van der Waals surface area contributed by atoms with Crippen LogP contribution in [0.2, 0.25) is 0 Å². The fraction of sp³-hybridized carbons (Fsp3) is 0.158. The lowest BCUT2D eigenvalue weighted by atomic mass is 10.2. The van der Waals surface area contributed by atoms with Gasteiger partial charge in [-0.25, -0.2) is 9.79 Å². The smallest absolute Gasteiger partial charge is 0.344 e. The number of aromatic nitrogens is 1. The molecule has 0 saturated heterocycles. The molecule has 0 fully saturated rings. The van der Waals surface area contributed by atoms with Crippen molar-refractivity contribution in [3.8, 4) is 0 Å². The predicted molar refractivity (Wildman–Crippen MR) is 101 cm³/mol. The Labute approximate surface area is 150 Å².